The van der Waals surface area contributed by atoms with Gasteiger partial charge in [0, 0.05) is 19.3 Å². The topological polar surface area (TPSA) is 108 Å². The van der Waals surface area contributed by atoms with Crippen LogP contribution in [0.3, 0.4) is 0 Å². The molecule has 0 aromatic carbocycles. The SMILES string of the molecule is CN(C1CCCCC1)S(=O)(=O)c1c[nH]c(C(=O)NN)c1. The summed E-state index contributed by atoms with van der Waals surface area (Å²) in [7, 11) is -1.98. The molecule has 0 spiro atoms. The van der Waals surface area contributed by atoms with Crippen molar-refractivity contribution in [2.24, 2.45) is 5.84 Å². The number of hydrogen-bond acceptors (Lipinski definition) is 4. The molecule has 0 saturated heterocycles. The van der Waals surface area contributed by atoms with E-state index in [1.807, 2.05) is 5.43 Å². The predicted molar refractivity (Wildman–Crippen MR) is 74.3 cm³/mol. The molecule has 1 aliphatic carbocycles. The molecule has 0 atom stereocenters. The van der Waals surface area contributed by atoms with Crippen molar-refractivity contribution in [2.75, 3.05) is 7.05 Å². The number of sulfonamides is 1. The van der Waals surface area contributed by atoms with Crippen molar-refractivity contribution in [1.29, 1.82) is 0 Å². The molecule has 1 saturated carbocycles. The van der Waals surface area contributed by atoms with Gasteiger partial charge >= 0.3 is 0 Å². The van der Waals surface area contributed by atoms with E-state index in [2.05, 4.69) is 4.98 Å². The Morgan fingerprint density at radius 1 is 1.40 bits per heavy atom. The average Bonchev–Trinajstić information content (AvgIpc) is 2.97. The van der Waals surface area contributed by atoms with Crippen molar-refractivity contribution in [1.82, 2.24) is 14.7 Å². The first-order valence-corrected chi connectivity index (χ1v) is 8.08. The van der Waals surface area contributed by atoms with Gasteiger partial charge in [-0.15, -0.1) is 0 Å². The van der Waals surface area contributed by atoms with E-state index in [-0.39, 0.29) is 16.6 Å². The van der Waals surface area contributed by atoms with E-state index in [1.54, 1.807) is 7.05 Å². The van der Waals surface area contributed by atoms with Crippen LogP contribution in [-0.2, 0) is 10.0 Å². The number of H-pyrrole nitrogens is 1. The number of nitrogens with zero attached hydrogens (tertiary/aromatic N) is 1. The van der Waals surface area contributed by atoms with Crippen molar-refractivity contribution < 1.29 is 13.2 Å². The quantitative estimate of drug-likeness (QED) is 0.429. The summed E-state index contributed by atoms with van der Waals surface area (Å²) >= 11 is 0. The molecular formula is C12H20N4O3S. The van der Waals surface area contributed by atoms with Crippen molar-refractivity contribution in [3.05, 3.63) is 18.0 Å². The minimum atomic E-state index is -3.58. The van der Waals surface area contributed by atoms with E-state index in [9.17, 15) is 13.2 Å². The van der Waals surface area contributed by atoms with Gasteiger partial charge in [-0.3, -0.25) is 10.2 Å². The van der Waals surface area contributed by atoms with E-state index in [0.29, 0.717) is 0 Å². The Bertz CT molecular complexity index is 575. The van der Waals surface area contributed by atoms with Crippen LogP contribution in [0.2, 0.25) is 0 Å². The van der Waals surface area contributed by atoms with E-state index in [4.69, 9.17) is 5.84 Å². The fourth-order valence-corrected chi connectivity index (χ4v) is 3.95. The Kier molecular flexibility index (Phi) is 4.46. The number of amides is 1. The molecule has 7 nitrogen and oxygen atoms in total. The second-order valence-corrected chi connectivity index (χ2v) is 7.03. The molecule has 1 amide bonds. The molecular weight excluding hydrogens is 280 g/mol. The van der Waals surface area contributed by atoms with Gasteiger partial charge in [0.25, 0.3) is 5.91 Å². The highest BCUT2D eigenvalue weighted by atomic mass is 32.2. The van der Waals surface area contributed by atoms with Crippen LogP contribution in [0.15, 0.2) is 17.2 Å². The van der Waals surface area contributed by atoms with Crippen LogP contribution < -0.4 is 11.3 Å². The third kappa shape index (κ3) is 2.87. The summed E-state index contributed by atoms with van der Waals surface area (Å²) in [6.45, 7) is 0. The monoisotopic (exact) mass is 300 g/mol. The number of hydrogen-bond donors (Lipinski definition) is 3. The fourth-order valence-electron chi connectivity index (χ4n) is 2.54. The molecule has 8 heteroatoms. The Labute approximate surface area is 118 Å². The molecule has 112 valence electrons. The average molecular weight is 300 g/mol. The number of nitrogens with one attached hydrogen (secondary N) is 2. The number of nitrogens with two attached hydrogens (primary N) is 1. The number of hydrazine groups is 1. The Morgan fingerprint density at radius 2 is 2.05 bits per heavy atom. The maximum Gasteiger partial charge on any atom is 0.281 e. The molecule has 1 aromatic rings. The molecule has 1 heterocycles. The van der Waals surface area contributed by atoms with Crippen LogP contribution in [0.5, 0.6) is 0 Å². The normalized spacial score (nSPS) is 17.4. The molecule has 20 heavy (non-hydrogen) atoms. The van der Waals surface area contributed by atoms with Crippen LogP contribution >= 0.6 is 0 Å². The summed E-state index contributed by atoms with van der Waals surface area (Å²) in [6.07, 6.45) is 6.36. The lowest BCUT2D eigenvalue weighted by Gasteiger charge is -2.30. The van der Waals surface area contributed by atoms with Gasteiger partial charge in [-0.2, -0.15) is 4.31 Å². The Balaban J connectivity index is 2.20. The van der Waals surface area contributed by atoms with Crippen molar-refractivity contribution in [3.63, 3.8) is 0 Å². The highest BCUT2D eigenvalue weighted by molar-refractivity contribution is 7.89. The van der Waals surface area contributed by atoms with Gasteiger partial charge in [-0.05, 0) is 18.9 Å². The number of rotatable bonds is 4. The van der Waals surface area contributed by atoms with Gasteiger partial charge in [0.15, 0.2) is 0 Å². The van der Waals surface area contributed by atoms with Gasteiger partial charge in [-0.1, -0.05) is 19.3 Å². The second-order valence-electron chi connectivity index (χ2n) is 5.04. The van der Waals surface area contributed by atoms with Gasteiger partial charge in [-0.25, -0.2) is 14.3 Å². The summed E-state index contributed by atoms with van der Waals surface area (Å²) in [5.74, 6) is 4.47. The van der Waals surface area contributed by atoms with Crippen molar-refractivity contribution in [3.8, 4) is 0 Å². The summed E-state index contributed by atoms with van der Waals surface area (Å²) < 4.78 is 26.4. The van der Waals surface area contributed by atoms with Gasteiger partial charge in [0.2, 0.25) is 10.0 Å². The summed E-state index contributed by atoms with van der Waals surface area (Å²) in [5.41, 5.74) is 2.09. The first-order valence-electron chi connectivity index (χ1n) is 6.64. The van der Waals surface area contributed by atoms with E-state index in [0.717, 1.165) is 32.1 Å². The van der Waals surface area contributed by atoms with Crippen molar-refractivity contribution in [2.45, 2.75) is 43.0 Å². The molecule has 1 fully saturated rings. The highest BCUT2D eigenvalue weighted by Gasteiger charge is 2.30. The predicted octanol–water partition coefficient (Wildman–Crippen LogP) is 0.571. The van der Waals surface area contributed by atoms with Crippen LogP contribution in [0, 0.1) is 0 Å². The minimum Gasteiger partial charge on any atom is -0.356 e. The first kappa shape index (κ1) is 15.0. The van der Waals surface area contributed by atoms with Gasteiger partial charge in [0.1, 0.15) is 10.6 Å². The Morgan fingerprint density at radius 3 is 2.65 bits per heavy atom. The summed E-state index contributed by atoms with van der Waals surface area (Å²) in [6, 6.07) is 1.34. The zero-order valence-electron chi connectivity index (χ0n) is 11.4. The highest BCUT2D eigenvalue weighted by Crippen LogP contribution is 2.26. The van der Waals surface area contributed by atoms with Crippen molar-refractivity contribution >= 4 is 15.9 Å². The first-order chi connectivity index (χ1) is 9.46. The lowest BCUT2D eigenvalue weighted by atomic mass is 9.96. The maximum absolute atomic E-state index is 12.5. The number of carbonyl (C=O) groups is 1. The van der Waals surface area contributed by atoms with Gasteiger partial charge < -0.3 is 4.98 Å². The molecule has 2 rings (SSSR count). The standard InChI is InChI=1S/C12H20N4O3S/c1-16(9-5-3-2-4-6-9)20(18,19)10-7-11(14-8-10)12(17)15-13/h7-9,14H,2-6,13H2,1H3,(H,15,17). The lowest BCUT2D eigenvalue weighted by molar-refractivity contribution is 0.0949. The van der Waals surface area contributed by atoms with E-state index >= 15 is 0 Å². The molecule has 0 bridgehead atoms. The van der Waals surface area contributed by atoms with Crippen LogP contribution in [0.4, 0.5) is 0 Å². The summed E-state index contributed by atoms with van der Waals surface area (Å²) in [5, 5.41) is 0. The molecule has 1 aromatic heterocycles. The number of nitrogen functional groups attached to an aromatic ring is 1. The third-order valence-corrected chi connectivity index (χ3v) is 5.69. The zero-order chi connectivity index (χ0) is 14.8. The molecule has 1 aliphatic rings. The zero-order valence-corrected chi connectivity index (χ0v) is 12.2. The largest absolute Gasteiger partial charge is 0.356 e. The lowest BCUT2D eigenvalue weighted by Crippen LogP contribution is -2.38. The summed E-state index contributed by atoms with van der Waals surface area (Å²) in [4.78, 5) is 14.1. The molecule has 4 N–H and O–H groups in total. The van der Waals surface area contributed by atoms with Gasteiger partial charge in [0.05, 0.1) is 0 Å². The fraction of sp³-hybridized carbons (Fsp3) is 0.583. The number of carbonyl (C=O) groups excluding carboxylic acids is 1. The second kappa shape index (κ2) is 5.94. The van der Waals surface area contributed by atoms with Crippen LogP contribution in [-0.4, -0.2) is 36.7 Å². The van der Waals surface area contributed by atoms with Crippen LogP contribution in [0.1, 0.15) is 42.6 Å². The Hall–Kier alpha value is -1.38. The molecule has 0 aliphatic heterocycles. The number of aromatic amines is 1. The minimum absolute atomic E-state index is 0.0374. The smallest absolute Gasteiger partial charge is 0.281 e. The van der Waals surface area contributed by atoms with Crippen LogP contribution in [0.25, 0.3) is 0 Å². The third-order valence-electron chi connectivity index (χ3n) is 3.80. The van der Waals surface area contributed by atoms with E-state index < -0.39 is 15.9 Å². The maximum atomic E-state index is 12.5. The van der Waals surface area contributed by atoms with E-state index in [1.165, 1.54) is 16.6 Å². The molecule has 0 unspecified atom stereocenters. The number of aromatic nitrogens is 1. The molecule has 0 radical (unpaired) electrons.